The highest BCUT2D eigenvalue weighted by Gasteiger charge is 2.21. The molecule has 0 fully saturated rings. The van der Waals surface area contributed by atoms with Crippen molar-refractivity contribution in [3.05, 3.63) is 56.2 Å². The Bertz CT molecular complexity index is 579. The molecule has 1 aromatic carbocycles. The molecule has 0 aliphatic heterocycles. The Morgan fingerprint density at radius 2 is 1.79 bits per heavy atom. The van der Waals surface area contributed by atoms with E-state index in [-0.39, 0.29) is 10.8 Å². The molecule has 0 bridgehead atoms. The van der Waals surface area contributed by atoms with E-state index in [1.165, 1.54) is 4.88 Å². The van der Waals surface area contributed by atoms with Gasteiger partial charge in [-0.25, -0.2) is 0 Å². The van der Waals surface area contributed by atoms with Crippen molar-refractivity contribution in [3.8, 4) is 0 Å². The van der Waals surface area contributed by atoms with Gasteiger partial charge in [-0.15, -0.1) is 22.9 Å². The van der Waals surface area contributed by atoms with Crippen LogP contribution < -0.4 is 0 Å². The lowest BCUT2D eigenvalue weighted by Crippen LogP contribution is -2.07. The first-order valence-corrected chi connectivity index (χ1v) is 7.93. The summed E-state index contributed by atoms with van der Waals surface area (Å²) in [6.07, 6.45) is 0. The third kappa shape index (κ3) is 3.16. The Labute approximate surface area is 129 Å². The van der Waals surface area contributed by atoms with Gasteiger partial charge in [-0.3, -0.25) is 0 Å². The highest BCUT2D eigenvalue weighted by molar-refractivity contribution is 7.12. The average molecular weight is 313 g/mol. The molecule has 1 heterocycles. The third-order valence-corrected chi connectivity index (χ3v) is 5.80. The van der Waals surface area contributed by atoms with Crippen molar-refractivity contribution < 1.29 is 0 Å². The van der Waals surface area contributed by atoms with Crippen LogP contribution >= 0.6 is 34.5 Å². The first-order chi connectivity index (χ1) is 8.80. The molecule has 0 N–H and O–H groups in total. The summed E-state index contributed by atoms with van der Waals surface area (Å²) in [4.78, 5) is 2.50. The molecule has 102 valence electrons. The Kier molecular flexibility index (Phi) is 4.29. The summed E-state index contributed by atoms with van der Waals surface area (Å²) in [7, 11) is 0. The molecule has 2 rings (SSSR count). The summed E-state index contributed by atoms with van der Waals surface area (Å²) >= 11 is 14.7. The van der Waals surface area contributed by atoms with Crippen LogP contribution in [0.4, 0.5) is 0 Å². The summed E-state index contributed by atoms with van der Waals surface area (Å²) in [5.41, 5.74) is 2.22. The summed E-state index contributed by atoms with van der Waals surface area (Å²) in [5, 5.41) is 0.599. The largest absolute Gasteiger partial charge is 0.143 e. The molecule has 0 saturated heterocycles. The van der Waals surface area contributed by atoms with Gasteiger partial charge < -0.3 is 0 Å². The van der Waals surface area contributed by atoms with E-state index >= 15 is 0 Å². The lowest BCUT2D eigenvalue weighted by atomic mass is 9.95. The molecule has 0 spiro atoms. The average Bonchev–Trinajstić information content (AvgIpc) is 2.81. The van der Waals surface area contributed by atoms with Crippen molar-refractivity contribution in [1.82, 2.24) is 0 Å². The van der Waals surface area contributed by atoms with Crippen molar-refractivity contribution in [1.29, 1.82) is 0 Å². The minimum atomic E-state index is -0.173. The van der Waals surface area contributed by atoms with Crippen LogP contribution in [0.2, 0.25) is 5.02 Å². The fraction of sp³-hybridized carbons (Fsp3) is 0.375. The zero-order valence-electron chi connectivity index (χ0n) is 11.6. The lowest BCUT2D eigenvalue weighted by Gasteiger charge is -2.16. The second kappa shape index (κ2) is 5.47. The van der Waals surface area contributed by atoms with Crippen LogP contribution in [0.5, 0.6) is 0 Å². The van der Waals surface area contributed by atoms with Gasteiger partial charge in [-0.05, 0) is 35.6 Å². The number of aryl methyl sites for hydroxylation is 1. The highest BCUT2D eigenvalue weighted by Crippen LogP contribution is 2.40. The van der Waals surface area contributed by atoms with Crippen LogP contribution in [0.3, 0.4) is 0 Å². The van der Waals surface area contributed by atoms with Gasteiger partial charge in [0.05, 0.1) is 5.38 Å². The van der Waals surface area contributed by atoms with Gasteiger partial charge in [0.2, 0.25) is 0 Å². The maximum Gasteiger partial charge on any atom is 0.0942 e. The Morgan fingerprint density at radius 3 is 2.37 bits per heavy atom. The van der Waals surface area contributed by atoms with Gasteiger partial charge in [0.25, 0.3) is 0 Å². The first kappa shape index (κ1) is 14.9. The number of hydrogen-bond acceptors (Lipinski definition) is 1. The summed E-state index contributed by atoms with van der Waals surface area (Å²) in [6.45, 7) is 8.65. The molecule has 0 aliphatic carbocycles. The number of alkyl halides is 1. The van der Waals surface area contributed by atoms with Crippen LogP contribution in [0, 0.1) is 6.92 Å². The molecule has 1 atom stereocenters. The predicted octanol–water partition coefficient (Wildman–Crippen LogP) is 6.34. The first-order valence-electron chi connectivity index (χ1n) is 6.30. The van der Waals surface area contributed by atoms with Crippen molar-refractivity contribution in [2.45, 2.75) is 38.5 Å². The molecule has 3 heteroatoms. The maximum absolute atomic E-state index is 6.60. The quantitative estimate of drug-likeness (QED) is 0.568. The van der Waals surface area contributed by atoms with Gasteiger partial charge in [0, 0.05) is 14.8 Å². The van der Waals surface area contributed by atoms with Crippen LogP contribution in [-0.4, -0.2) is 0 Å². The predicted molar refractivity (Wildman–Crippen MR) is 86.9 cm³/mol. The van der Waals surface area contributed by atoms with Crippen molar-refractivity contribution in [2.75, 3.05) is 0 Å². The highest BCUT2D eigenvalue weighted by atomic mass is 35.5. The van der Waals surface area contributed by atoms with Crippen LogP contribution in [0.1, 0.15) is 47.0 Å². The van der Waals surface area contributed by atoms with E-state index in [0.717, 1.165) is 21.0 Å². The molecule has 0 saturated carbocycles. The SMILES string of the molecule is Cc1cccc(C(Cl)c2ccc(C(C)(C)C)s2)c1Cl. The number of thiophene rings is 1. The van der Waals surface area contributed by atoms with Crippen molar-refractivity contribution >= 4 is 34.5 Å². The molecule has 2 aromatic rings. The van der Waals surface area contributed by atoms with E-state index in [9.17, 15) is 0 Å². The van der Waals surface area contributed by atoms with Crippen molar-refractivity contribution in [2.24, 2.45) is 0 Å². The topological polar surface area (TPSA) is 0 Å². The maximum atomic E-state index is 6.60. The second-order valence-electron chi connectivity index (χ2n) is 5.79. The smallest absolute Gasteiger partial charge is 0.0942 e. The fourth-order valence-electron chi connectivity index (χ4n) is 1.91. The minimum absolute atomic E-state index is 0.163. The van der Waals surface area contributed by atoms with E-state index in [2.05, 4.69) is 32.9 Å². The molecule has 19 heavy (non-hydrogen) atoms. The van der Waals surface area contributed by atoms with Gasteiger partial charge in [-0.2, -0.15) is 0 Å². The van der Waals surface area contributed by atoms with Crippen LogP contribution in [0.15, 0.2) is 30.3 Å². The van der Waals surface area contributed by atoms with Gasteiger partial charge in [0.15, 0.2) is 0 Å². The minimum Gasteiger partial charge on any atom is -0.143 e. The lowest BCUT2D eigenvalue weighted by molar-refractivity contribution is 0.604. The van der Waals surface area contributed by atoms with E-state index in [1.54, 1.807) is 11.3 Å². The number of benzene rings is 1. The number of halogens is 2. The third-order valence-electron chi connectivity index (χ3n) is 3.11. The Hall–Kier alpha value is -0.500. The molecular weight excluding hydrogens is 295 g/mol. The van der Waals surface area contributed by atoms with Gasteiger partial charge in [0.1, 0.15) is 0 Å². The van der Waals surface area contributed by atoms with Gasteiger partial charge >= 0.3 is 0 Å². The Balaban J connectivity index is 2.37. The standard InChI is InChI=1S/C16H18Cl2S/c1-10-6-5-7-11(14(10)17)15(18)12-8-9-13(19-12)16(2,3)4/h5-9,15H,1-4H3. The molecule has 1 aromatic heterocycles. The summed E-state index contributed by atoms with van der Waals surface area (Å²) < 4.78 is 0. The Morgan fingerprint density at radius 1 is 1.11 bits per heavy atom. The van der Waals surface area contributed by atoms with E-state index in [0.29, 0.717) is 0 Å². The van der Waals surface area contributed by atoms with Crippen molar-refractivity contribution in [3.63, 3.8) is 0 Å². The molecule has 0 nitrogen and oxygen atoms in total. The molecule has 0 radical (unpaired) electrons. The summed E-state index contributed by atoms with van der Waals surface area (Å²) in [5.74, 6) is 0. The number of rotatable bonds is 2. The fourth-order valence-corrected chi connectivity index (χ4v) is 3.65. The number of hydrogen-bond donors (Lipinski definition) is 0. The second-order valence-corrected chi connectivity index (χ2v) is 7.72. The monoisotopic (exact) mass is 312 g/mol. The van der Waals surface area contributed by atoms with E-state index < -0.39 is 0 Å². The van der Waals surface area contributed by atoms with Crippen LogP contribution in [-0.2, 0) is 5.41 Å². The zero-order chi connectivity index (χ0) is 14.2. The van der Waals surface area contributed by atoms with E-state index in [1.807, 2.05) is 25.1 Å². The normalized spacial score (nSPS) is 13.6. The molecule has 0 amide bonds. The zero-order valence-corrected chi connectivity index (χ0v) is 14.0. The molecule has 0 aliphatic rings. The van der Waals surface area contributed by atoms with Crippen LogP contribution in [0.25, 0.3) is 0 Å². The molecular formula is C16H18Cl2S. The van der Waals surface area contributed by atoms with Gasteiger partial charge in [-0.1, -0.05) is 50.6 Å². The van der Waals surface area contributed by atoms with E-state index in [4.69, 9.17) is 23.2 Å². The molecule has 1 unspecified atom stereocenters. The summed E-state index contributed by atoms with van der Waals surface area (Å²) in [6, 6.07) is 10.3.